The summed E-state index contributed by atoms with van der Waals surface area (Å²) in [6.07, 6.45) is 12.0. The summed E-state index contributed by atoms with van der Waals surface area (Å²) >= 11 is 0. The largest absolute Gasteiger partial charge is 0.375 e. The summed E-state index contributed by atoms with van der Waals surface area (Å²) < 4.78 is 0. The average molecular weight is 149 g/mol. The maximum Gasteiger partial charge on any atom is 0.0175 e. The van der Waals surface area contributed by atoms with Crippen LogP contribution in [-0.2, 0) is 0 Å². The van der Waals surface area contributed by atoms with Gasteiger partial charge in [-0.15, -0.1) is 0 Å². The van der Waals surface area contributed by atoms with Gasteiger partial charge in [-0.3, -0.25) is 0 Å². The van der Waals surface area contributed by atoms with Crippen LogP contribution >= 0.6 is 0 Å². The van der Waals surface area contributed by atoms with E-state index in [1.807, 2.05) is 0 Å². The van der Waals surface area contributed by atoms with E-state index in [-0.39, 0.29) is 0 Å². The van der Waals surface area contributed by atoms with Crippen molar-refractivity contribution in [3.05, 3.63) is 23.9 Å². The zero-order valence-corrected chi connectivity index (χ0v) is 6.92. The lowest BCUT2D eigenvalue weighted by atomic mass is 10.1. The summed E-state index contributed by atoms with van der Waals surface area (Å²) in [5, 5.41) is 0. The molecular weight excluding hydrogens is 134 g/mol. The van der Waals surface area contributed by atoms with Gasteiger partial charge in [0.15, 0.2) is 0 Å². The van der Waals surface area contributed by atoms with Crippen molar-refractivity contribution in [3.8, 4) is 0 Å². The number of rotatable bonds is 1. The zero-order valence-electron chi connectivity index (χ0n) is 6.92. The Balaban J connectivity index is 1.97. The molecule has 0 N–H and O–H groups in total. The van der Waals surface area contributed by atoms with E-state index in [0.29, 0.717) is 0 Å². The molecule has 1 saturated heterocycles. The highest BCUT2D eigenvalue weighted by Gasteiger charge is 2.13. The fraction of sp³-hybridized carbons (Fsp3) is 0.600. The van der Waals surface area contributed by atoms with Crippen LogP contribution in [0.2, 0.25) is 0 Å². The third-order valence-electron chi connectivity index (χ3n) is 2.50. The van der Waals surface area contributed by atoms with Gasteiger partial charge in [-0.2, -0.15) is 0 Å². The van der Waals surface area contributed by atoms with Gasteiger partial charge in [0.25, 0.3) is 0 Å². The third-order valence-corrected chi connectivity index (χ3v) is 2.50. The van der Waals surface area contributed by atoms with Crippen LogP contribution < -0.4 is 0 Å². The second-order valence-corrected chi connectivity index (χ2v) is 3.30. The van der Waals surface area contributed by atoms with Crippen LogP contribution in [0.3, 0.4) is 0 Å². The van der Waals surface area contributed by atoms with Crippen molar-refractivity contribution >= 4 is 0 Å². The second kappa shape index (κ2) is 3.12. The van der Waals surface area contributed by atoms with E-state index in [1.165, 1.54) is 32.4 Å². The number of allylic oxidation sites excluding steroid dienone is 3. The molecule has 0 aromatic carbocycles. The van der Waals surface area contributed by atoms with Gasteiger partial charge in [0.2, 0.25) is 0 Å². The van der Waals surface area contributed by atoms with E-state index in [4.69, 9.17) is 0 Å². The van der Waals surface area contributed by atoms with Crippen molar-refractivity contribution in [2.24, 2.45) is 0 Å². The van der Waals surface area contributed by atoms with E-state index in [0.717, 1.165) is 6.42 Å². The fourth-order valence-electron chi connectivity index (χ4n) is 1.85. The predicted molar refractivity (Wildman–Crippen MR) is 47.3 cm³/mol. The minimum absolute atomic E-state index is 1.14. The second-order valence-electron chi connectivity index (χ2n) is 3.30. The van der Waals surface area contributed by atoms with E-state index in [2.05, 4.69) is 23.1 Å². The van der Waals surface area contributed by atoms with E-state index >= 15 is 0 Å². The first-order valence-corrected chi connectivity index (χ1v) is 4.56. The SMILES string of the molecule is C1=CCC(N2CCCC2)=CC1. The molecule has 0 unspecified atom stereocenters. The highest BCUT2D eigenvalue weighted by molar-refractivity contribution is 5.14. The Kier molecular flexibility index (Phi) is 1.97. The van der Waals surface area contributed by atoms with Gasteiger partial charge in [0, 0.05) is 25.2 Å². The molecule has 2 aliphatic rings. The molecule has 0 saturated carbocycles. The lowest BCUT2D eigenvalue weighted by molar-refractivity contribution is 0.415. The van der Waals surface area contributed by atoms with Crippen LogP contribution in [-0.4, -0.2) is 18.0 Å². The Morgan fingerprint density at radius 3 is 2.55 bits per heavy atom. The monoisotopic (exact) mass is 149 g/mol. The van der Waals surface area contributed by atoms with Gasteiger partial charge in [-0.25, -0.2) is 0 Å². The molecule has 0 aromatic heterocycles. The van der Waals surface area contributed by atoms with E-state index in [1.54, 1.807) is 5.70 Å². The Hall–Kier alpha value is -0.720. The van der Waals surface area contributed by atoms with Crippen molar-refractivity contribution < 1.29 is 0 Å². The Morgan fingerprint density at radius 2 is 1.91 bits per heavy atom. The van der Waals surface area contributed by atoms with Gasteiger partial charge in [-0.1, -0.05) is 18.2 Å². The first-order chi connectivity index (χ1) is 5.47. The molecule has 1 nitrogen and oxygen atoms in total. The zero-order chi connectivity index (χ0) is 7.52. The summed E-state index contributed by atoms with van der Waals surface area (Å²) in [6, 6.07) is 0. The van der Waals surface area contributed by atoms with Crippen molar-refractivity contribution in [1.29, 1.82) is 0 Å². The normalized spacial score (nSPS) is 24.0. The maximum absolute atomic E-state index is 2.53. The molecule has 1 aliphatic heterocycles. The fourth-order valence-corrected chi connectivity index (χ4v) is 1.85. The predicted octanol–water partition coefficient (Wildman–Crippen LogP) is 2.32. The van der Waals surface area contributed by atoms with Crippen molar-refractivity contribution in [2.75, 3.05) is 13.1 Å². The van der Waals surface area contributed by atoms with Gasteiger partial charge in [0.05, 0.1) is 0 Å². The highest BCUT2D eigenvalue weighted by Crippen LogP contribution is 2.20. The summed E-state index contributed by atoms with van der Waals surface area (Å²) in [5.74, 6) is 0. The Morgan fingerprint density at radius 1 is 1.09 bits per heavy atom. The molecule has 0 radical (unpaired) electrons. The molecule has 1 fully saturated rings. The first kappa shape index (κ1) is 6.96. The van der Waals surface area contributed by atoms with Crippen LogP contribution in [0.25, 0.3) is 0 Å². The van der Waals surface area contributed by atoms with Gasteiger partial charge in [-0.05, 0) is 19.3 Å². The number of nitrogens with zero attached hydrogens (tertiary/aromatic N) is 1. The lowest BCUT2D eigenvalue weighted by Gasteiger charge is -2.21. The van der Waals surface area contributed by atoms with Crippen LogP contribution in [0.1, 0.15) is 25.7 Å². The van der Waals surface area contributed by atoms with Gasteiger partial charge < -0.3 is 4.90 Å². The summed E-state index contributed by atoms with van der Waals surface area (Å²) in [5.41, 5.74) is 1.56. The molecule has 0 spiro atoms. The molecule has 2 rings (SSSR count). The van der Waals surface area contributed by atoms with Crippen molar-refractivity contribution in [3.63, 3.8) is 0 Å². The van der Waals surface area contributed by atoms with Crippen LogP contribution in [0, 0.1) is 0 Å². The summed E-state index contributed by atoms with van der Waals surface area (Å²) in [7, 11) is 0. The summed E-state index contributed by atoms with van der Waals surface area (Å²) in [6.45, 7) is 2.58. The third kappa shape index (κ3) is 1.47. The molecule has 0 bridgehead atoms. The summed E-state index contributed by atoms with van der Waals surface area (Å²) in [4.78, 5) is 2.53. The highest BCUT2D eigenvalue weighted by atomic mass is 15.1. The minimum Gasteiger partial charge on any atom is -0.375 e. The quantitative estimate of drug-likeness (QED) is 0.517. The molecular formula is C10H15N. The molecule has 1 heteroatoms. The topological polar surface area (TPSA) is 3.24 Å². The van der Waals surface area contributed by atoms with Crippen molar-refractivity contribution in [1.82, 2.24) is 4.90 Å². The number of likely N-dealkylation sites (tertiary alicyclic amines) is 1. The maximum atomic E-state index is 2.53. The number of hydrogen-bond acceptors (Lipinski definition) is 1. The van der Waals surface area contributed by atoms with Crippen LogP contribution in [0.5, 0.6) is 0 Å². The molecule has 1 aliphatic carbocycles. The van der Waals surface area contributed by atoms with E-state index < -0.39 is 0 Å². The smallest absolute Gasteiger partial charge is 0.0175 e. The molecule has 0 atom stereocenters. The minimum atomic E-state index is 1.14. The molecule has 0 aromatic rings. The van der Waals surface area contributed by atoms with Gasteiger partial charge in [0.1, 0.15) is 0 Å². The van der Waals surface area contributed by atoms with Crippen molar-refractivity contribution in [2.45, 2.75) is 25.7 Å². The molecule has 60 valence electrons. The van der Waals surface area contributed by atoms with Crippen LogP contribution in [0.4, 0.5) is 0 Å². The Bertz CT molecular complexity index is 185. The van der Waals surface area contributed by atoms with Crippen LogP contribution in [0.15, 0.2) is 23.9 Å². The molecule has 1 heterocycles. The molecule has 0 amide bonds. The first-order valence-electron chi connectivity index (χ1n) is 4.56. The van der Waals surface area contributed by atoms with E-state index in [9.17, 15) is 0 Å². The standard InChI is InChI=1S/C10H15N/c1-2-6-10(7-3-1)11-8-4-5-9-11/h1-2,7H,3-6,8-9H2. The number of hydrogen-bond donors (Lipinski definition) is 0. The van der Waals surface area contributed by atoms with Gasteiger partial charge >= 0.3 is 0 Å². The lowest BCUT2D eigenvalue weighted by Crippen LogP contribution is -2.18. The Labute approximate surface area is 68.4 Å². The molecule has 11 heavy (non-hydrogen) atoms. The average Bonchev–Trinajstić information content (AvgIpc) is 2.58.